The van der Waals surface area contributed by atoms with Gasteiger partial charge in [0.1, 0.15) is 23.9 Å². The van der Waals surface area contributed by atoms with E-state index in [0.29, 0.717) is 17.4 Å². The van der Waals surface area contributed by atoms with E-state index in [1.54, 1.807) is 37.3 Å². The molecule has 0 atom stereocenters. The monoisotopic (exact) mass is 446 g/mol. The minimum absolute atomic E-state index is 0.0320. The number of methoxy groups -OCH3 is 1. The van der Waals surface area contributed by atoms with Gasteiger partial charge in [-0.15, -0.1) is 0 Å². The molecular formula is C22H20F2N2O4S. The molecule has 0 aliphatic rings. The van der Waals surface area contributed by atoms with Crippen molar-refractivity contribution in [2.24, 2.45) is 0 Å². The number of carbonyl (C=O) groups is 1. The Morgan fingerprint density at radius 1 is 1.03 bits per heavy atom. The number of halogens is 2. The van der Waals surface area contributed by atoms with Crippen molar-refractivity contribution in [3.63, 3.8) is 0 Å². The fourth-order valence-corrected chi connectivity index (χ4v) is 4.47. The summed E-state index contributed by atoms with van der Waals surface area (Å²) in [6, 6.07) is 15.1. The number of aryl methyl sites for hydroxylation is 1. The van der Waals surface area contributed by atoms with Gasteiger partial charge < -0.3 is 10.1 Å². The Balaban J connectivity index is 1.95. The minimum atomic E-state index is -4.14. The molecule has 0 aliphatic heterocycles. The highest BCUT2D eigenvalue weighted by Crippen LogP contribution is 2.27. The van der Waals surface area contributed by atoms with Crippen molar-refractivity contribution >= 4 is 27.3 Å². The quantitative estimate of drug-likeness (QED) is 0.593. The number of hydrogen-bond donors (Lipinski definition) is 1. The molecule has 162 valence electrons. The van der Waals surface area contributed by atoms with Gasteiger partial charge in [-0.1, -0.05) is 18.2 Å². The van der Waals surface area contributed by atoms with Gasteiger partial charge in [-0.05, 0) is 55.0 Å². The maximum Gasteiger partial charge on any atom is 0.264 e. The lowest BCUT2D eigenvalue weighted by atomic mass is 10.2. The summed E-state index contributed by atoms with van der Waals surface area (Å²) in [5, 5.41) is 2.28. The van der Waals surface area contributed by atoms with E-state index in [1.165, 1.54) is 25.3 Å². The van der Waals surface area contributed by atoms with Crippen LogP contribution in [0.5, 0.6) is 5.75 Å². The van der Waals surface area contributed by atoms with Crippen LogP contribution >= 0.6 is 0 Å². The normalized spacial score (nSPS) is 11.1. The summed E-state index contributed by atoms with van der Waals surface area (Å²) in [5.41, 5.74) is 0.609. The van der Waals surface area contributed by atoms with Crippen LogP contribution < -0.4 is 14.4 Å². The van der Waals surface area contributed by atoms with E-state index in [0.717, 1.165) is 16.4 Å². The molecule has 0 heterocycles. The number of sulfonamides is 1. The molecule has 0 radical (unpaired) electrons. The summed E-state index contributed by atoms with van der Waals surface area (Å²) in [7, 11) is -2.66. The lowest BCUT2D eigenvalue weighted by molar-refractivity contribution is -0.114. The largest absolute Gasteiger partial charge is 0.496 e. The minimum Gasteiger partial charge on any atom is -0.496 e. The Hall–Kier alpha value is -3.46. The number of nitrogens with one attached hydrogen (secondary N) is 1. The van der Waals surface area contributed by atoms with Crippen molar-refractivity contribution in [3.8, 4) is 5.75 Å². The third-order valence-electron chi connectivity index (χ3n) is 4.49. The van der Waals surface area contributed by atoms with Crippen molar-refractivity contribution < 1.29 is 26.7 Å². The average Bonchev–Trinajstić information content (AvgIpc) is 2.74. The van der Waals surface area contributed by atoms with Crippen LogP contribution in [0, 0.1) is 18.6 Å². The zero-order valence-corrected chi connectivity index (χ0v) is 17.6. The van der Waals surface area contributed by atoms with Gasteiger partial charge in [0, 0.05) is 6.07 Å². The van der Waals surface area contributed by atoms with E-state index in [2.05, 4.69) is 5.32 Å². The number of rotatable bonds is 7. The van der Waals surface area contributed by atoms with Crippen molar-refractivity contribution in [2.45, 2.75) is 11.8 Å². The highest BCUT2D eigenvalue weighted by Gasteiger charge is 2.28. The molecule has 31 heavy (non-hydrogen) atoms. The van der Waals surface area contributed by atoms with E-state index in [4.69, 9.17) is 4.74 Å². The lowest BCUT2D eigenvalue weighted by Crippen LogP contribution is -2.38. The van der Waals surface area contributed by atoms with E-state index >= 15 is 0 Å². The first-order chi connectivity index (χ1) is 14.7. The van der Waals surface area contributed by atoms with Gasteiger partial charge in [0.2, 0.25) is 5.91 Å². The molecule has 0 bridgehead atoms. The van der Waals surface area contributed by atoms with Crippen LogP contribution in [-0.4, -0.2) is 28.0 Å². The number of ether oxygens (including phenoxy) is 1. The third kappa shape index (κ3) is 5.00. The van der Waals surface area contributed by atoms with Crippen LogP contribution in [0.4, 0.5) is 20.2 Å². The molecule has 3 aromatic rings. The van der Waals surface area contributed by atoms with Crippen LogP contribution in [0.25, 0.3) is 0 Å². The van der Waals surface area contributed by atoms with E-state index in [1.807, 2.05) is 0 Å². The second kappa shape index (κ2) is 9.13. The number of para-hydroxylation sites is 1. The number of anilines is 2. The zero-order valence-electron chi connectivity index (χ0n) is 16.8. The van der Waals surface area contributed by atoms with Gasteiger partial charge in [0.15, 0.2) is 0 Å². The van der Waals surface area contributed by atoms with Crippen LogP contribution in [0.2, 0.25) is 0 Å². The van der Waals surface area contributed by atoms with Crippen molar-refractivity contribution in [2.75, 3.05) is 23.3 Å². The number of carbonyl (C=O) groups excluding carboxylic acids is 1. The highest BCUT2D eigenvalue weighted by molar-refractivity contribution is 7.92. The molecule has 1 N–H and O–H groups in total. The fraction of sp³-hybridized carbons (Fsp3) is 0.136. The summed E-state index contributed by atoms with van der Waals surface area (Å²) >= 11 is 0. The van der Waals surface area contributed by atoms with Gasteiger partial charge in [-0.25, -0.2) is 17.2 Å². The van der Waals surface area contributed by atoms with Gasteiger partial charge in [-0.2, -0.15) is 0 Å². The molecule has 6 nitrogen and oxygen atoms in total. The van der Waals surface area contributed by atoms with Crippen molar-refractivity contribution in [1.29, 1.82) is 0 Å². The topological polar surface area (TPSA) is 75.7 Å². The molecule has 3 rings (SSSR count). The van der Waals surface area contributed by atoms with Gasteiger partial charge in [0.25, 0.3) is 10.0 Å². The first kappa shape index (κ1) is 22.2. The molecule has 0 saturated carbocycles. The second-order valence-electron chi connectivity index (χ2n) is 6.65. The Labute approximate surface area is 179 Å². The Kier molecular flexibility index (Phi) is 6.55. The maximum atomic E-state index is 13.9. The molecule has 0 saturated heterocycles. The molecule has 0 aliphatic carbocycles. The fourth-order valence-electron chi connectivity index (χ4n) is 2.96. The first-order valence-electron chi connectivity index (χ1n) is 9.19. The molecule has 0 fully saturated rings. The molecule has 3 aromatic carbocycles. The summed E-state index contributed by atoms with van der Waals surface area (Å²) in [4.78, 5) is 12.5. The Morgan fingerprint density at radius 2 is 1.74 bits per heavy atom. The lowest BCUT2D eigenvalue weighted by Gasteiger charge is -2.24. The first-order valence-corrected chi connectivity index (χ1v) is 10.6. The smallest absolute Gasteiger partial charge is 0.264 e. The van der Waals surface area contributed by atoms with Crippen molar-refractivity contribution in [3.05, 3.63) is 83.9 Å². The molecule has 0 aromatic heterocycles. The standard InChI is InChI=1S/C22H20F2N2O4S/c1-15-12-18(9-11-21(15)30-2)31(28,29)26(17-6-4-3-5-7-17)14-22(27)25-20-10-8-16(23)13-19(20)24/h3-13H,14H2,1-2H3,(H,25,27). The summed E-state index contributed by atoms with van der Waals surface area (Å²) < 4.78 is 59.8. The third-order valence-corrected chi connectivity index (χ3v) is 6.26. The summed E-state index contributed by atoms with van der Waals surface area (Å²) in [6.07, 6.45) is 0. The van der Waals surface area contributed by atoms with E-state index < -0.39 is 34.1 Å². The zero-order chi connectivity index (χ0) is 22.6. The predicted molar refractivity (Wildman–Crippen MR) is 114 cm³/mol. The van der Waals surface area contributed by atoms with Crippen LogP contribution in [-0.2, 0) is 14.8 Å². The molecule has 0 unspecified atom stereocenters. The van der Waals surface area contributed by atoms with Gasteiger partial charge in [0.05, 0.1) is 23.4 Å². The highest BCUT2D eigenvalue weighted by atomic mass is 32.2. The number of benzene rings is 3. The van der Waals surface area contributed by atoms with E-state index in [9.17, 15) is 22.0 Å². The Bertz CT molecular complexity index is 1200. The number of hydrogen-bond acceptors (Lipinski definition) is 4. The predicted octanol–water partition coefficient (Wildman–Crippen LogP) is 4.12. The van der Waals surface area contributed by atoms with Crippen LogP contribution in [0.15, 0.2) is 71.6 Å². The second-order valence-corrected chi connectivity index (χ2v) is 8.51. The Morgan fingerprint density at radius 3 is 2.35 bits per heavy atom. The maximum absolute atomic E-state index is 13.9. The number of nitrogens with zero attached hydrogens (tertiary/aromatic N) is 1. The average molecular weight is 446 g/mol. The molecule has 9 heteroatoms. The summed E-state index contributed by atoms with van der Waals surface area (Å²) in [6.45, 7) is 1.09. The molecule has 0 spiro atoms. The molecule has 1 amide bonds. The van der Waals surface area contributed by atoms with Gasteiger partial charge in [-0.3, -0.25) is 9.10 Å². The van der Waals surface area contributed by atoms with Gasteiger partial charge >= 0.3 is 0 Å². The van der Waals surface area contributed by atoms with Crippen LogP contribution in [0.1, 0.15) is 5.56 Å². The SMILES string of the molecule is COc1ccc(S(=O)(=O)N(CC(=O)Nc2ccc(F)cc2F)c2ccccc2)cc1C. The van der Waals surface area contributed by atoms with Crippen molar-refractivity contribution in [1.82, 2.24) is 0 Å². The number of amides is 1. The summed E-state index contributed by atoms with van der Waals surface area (Å²) in [5.74, 6) is -2.02. The van der Waals surface area contributed by atoms with E-state index in [-0.39, 0.29) is 16.3 Å². The molecular weight excluding hydrogens is 426 g/mol. The van der Waals surface area contributed by atoms with Crippen LogP contribution in [0.3, 0.4) is 0 Å².